The summed E-state index contributed by atoms with van der Waals surface area (Å²) in [6.07, 6.45) is 2.86. The highest BCUT2D eigenvalue weighted by molar-refractivity contribution is 5.39. The Morgan fingerprint density at radius 1 is 1.29 bits per heavy atom. The fourth-order valence-corrected chi connectivity index (χ4v) is 2.49. The molecule has 3 heteroatoms. The number of benzene rings is 1. The van der Waals surface area contributed by atoms with E-state index in [1.807, 2.05) is 12.3 Å². The average molecular weight is 284 g/mol. The molecule has 0 saturated heterocycles. The summed E-state index contributed by atoms with van der Waals surface area (Å²) in [5.74, 6) is 0.937. The molecule has 2 aromatic rings. The Morgan fingerprint density at radius 2 is 2.10 bits per heavy atom. The Kier molecular flexibility index (Phi) is 5.34. The summed E-state index contributed by atoms with van der Waals surface area (Å²) in [6.45, 7) is 7.16. The van der Waals surface area contributed by atoms with E-state index in [1.165, 1.54) is 16.7 Å². The number of methoxy groups -OCH3 is 1. The molecule has 112 valence electrons. The van der Waals surface area contributed by atoms with E-state index in [0.29, 0.717) is 0 Å². The minimum atomic E-state index is 0.215. The van der Waals surface area contributed by atoms with Crippen molar-refractivity contribution < 1.29 is 4.74 Å². The zero-order chi connectivity index (χ0) is 15.2. The molecule has 0 saturated carbocycles. The van der Waals surface area contributed by atoms with Gasteiger partial charge in [0, 0.05) is 24.3 Å². The van der Waals surface area contributed by atoms with Crippen LogP contribution in [0, 0.1) is 6.92 Å². The van der Waals surface area contributed by atoms with Crippen molar-refractivity contribution in [1.82, 2.24) is 10.3 Å². The predicted molar refractivity (Wildman–Crippen MR) is 86.6 cm³/mol. The lowest BCUT2D eigenvalue weighted by Gasteiger charge is -2.18. The van der Waals surface area contributed by atoms with Gasteiger partial charge in [-0.3, -0.25) is 4.98 Å². The number of nitrogens with zero attached hydrogens (tertiary/aromatic N) is 1. The molecule has 21 heavy (non-hydrogen) atoms. The molecule has 0 aliphatic heterocycles. The van der Waals surface area contributed by atoms with Crippen molar-refractivity contribution in [3.8, 4) is 5.75 Å². The van der Waals surface area contributed by atoms with Gasteiger partial charge < -0.3 is 10.1 Å². The van der Waals surface area contributed by atoms with Crippen LogP contribution in [0.5, 0.6) is 5.75 Å². The molecule has 1 heterocycles. The van der Waals surface area contributed by atoms with Crippen LogP contribution in [0.2, 0.25) is 0 Å². The molecule has 0 spiro atoms. The van der Waals surface area contributed by atoms with E-state index in [9.17, 15) is 0 Å². The average Bonchev–Trinajstić information content (AvgIpc) is 2.52. The number of nitrogens with one attached hydrogen (secondary N) is 1. The van der Waals surface area contributed by atoms with E-state index in [0.717, 1.165) is 24.4 Å². The van der Waals surface area contributed by atoms with E-state index in [1.54, 1.807) is 7.11 Å². The van der Waals surface area contributed by atoms with Gasteiger partial charge in [-0.15, -0.1) is 0 Å². The summed E-state index contributed by atoms with van der Waals surface area (Å²) in [6, 6.07) is 10.7. The quantitative estimate of drug-likeness (QED) is 0.876. The Morgan fingerprint density at radius 3 is 2.81 bits per heavy atom. The summed E-state index contributed by atoms with van der Waals surface area (Å²) in [7, 11) is 1.72. The first-order valence-electron chi connectivity index (χ1n) is 7.46. The number of ether oxygens (including phenoxy) is 1. The van der Waals surface area contributed by atoms with Gasteiger partial charge in [0.05, 0.1) is 12.8 Å². The van der Waals surface area contributed by atoms with Gasteiger partial charge in [-0.05, 0) is 43.5 Å². The van der Waals surface area contributed by atoms with Crippen LogP contribution in [0.1, 0.15) is 42.3 Å². The largest absolute Gasteiger partial charge is 0.496 e. The fourth-order valence-electron chi connectivity index (χ4n) is 2.49. The van der Waals surface area contributed by atoms with Crippen LogP contribution in [-0.4, -0.2) is 12.1 Å². The van der Waals surface area contributed by atoms with Gasteiger partial charge in [-0.2, -0.15) is 0 Å². The third-order valence-electron chi connectivity index (χ3n) is 3.80. The highest BCUT2D eigenvalue weighted by atomic mass is 16.5. The summed E-state index contributed by atoms with van der Waals surface area (Å²) < 4.78 is 5.49. The molecule has 0 bridgehead atoms. The Hall–Kier alpha value is -1.87. The van der Waals surface area contributed by atoms with Crippen molar-refractivity contribution in [2.75, 3.05) is 7.11 Å². The van der Waals surface area contributed by atoms with Crippen molar-refractivity contribution in [1.29, 1.82) is 0 Å². The molecule has 0 fully saturated rings. The monoisotopic (exact) mass is 284 g/mol. The first-order valence-corrected chi connectivity index (χ1v) is 7.46. The van der Waals surface area contributed by atoms with Gasteiger partial charge in [0.15, 0.2) is 0 Å². The van der Waals surface area contributed by atoms with Crippen LogP contribution in [0.4, 0.5) is 0 Å². The number of aromatic nitrogens is 1. The van der Waals surface area contributed by atoms with Crippen LogP contribution in [-0.2, 0) is 13.0 Å². The van der Waals surface area contributed by atoms with Gasteiger partial charge in [0.1, 0.15) is 5.75 Å². The van der Waals surface area contributed by atoms with Crippen LogP contribution in [0.25, 0.3) is 0 Å². The molecule has 0 radical (unpaired) electrons. The van der Waals surface area contributed by atoms with E-state index in [-0.39, 0.29) is 6.04 Å². The SMILES string of the molecule is CCc1cccnc1CNC(C)c1ccc(C)cc1OC. The second-order valence-corrected chi connectivity index (χ2v) is 5.31. The number of aryl methyl sites for hydroxylation is 2. The van der Waals surface area contributed by atoms with Crippen molar-refractivity contribution >= 4 is 0 Å². The third kappa shape index (κ3) is 3.82. The number of hydrogen-bond acceptors (Lipinski definition) is 3. The zero-order valence-electron chi connectivity index (χ0n) is 13.3. The topological polar surface area (TPSA) is 34.2 Å². The lowest BCUT2D eigenvalue weighted by atomic mass is 10.0. The predicted octanol–water partition coefficient (Wildman–Crippen LogP) is 3.81. The minimum absolute atomic E-state index is 0.215. The maximum Gasteiger partial charge on any atom is 0.123 e. The molecule has 1 atom stereocenters. The maximum absolute atomic E-state index is 5.49. The smallest absolute Gasteiger partial charge is 0.123 e. The molecule has 1 aromatic carbocycles. The fraction of sp³-hybridized carbons (Fsp3) is 0.389. The molecule has 0 amide bonds. The van der Waals surface area contributed by atoms with Gasteiger partial charge >= 0.3 is 0 Å². The second kappa shape index (κ2) is 7.23. The molecule has 0 aliphatic carbocycles. The Bertz CT molecular complexity index is 596. The third-order valence-corrected chi connectivity index (χ3v) is 3.80. The first-order chi connectivity index (χ1) is 10.2. The lowest BCUT2D eigenvalue weighted by Crippen LogP contribution is -2.20. The molecule has 2 rings (SSSR count). The van der Waals surface area contributed by atoms with E-state index >= 15 is 0 Å². The Balaban J connectivity index is 2.10. The van der Waals surface area contributed by atoms with Crippen molar-refractivity contribution in [3.63, 3.8) is 0 Å². The van der Waals surface area contributed by atoms with Gasteiger partial charge in [0.2, 0.25) is 0 Å². The van der Waals surface area contributed by atoms with Crippen LogP contribution in [0.3, 0.4) is 0 Å². The second-order valence-electron chi connectivity index (χ2n) is 5.31. The van der Waals surface area contributed by atoms with Crippen molar-refractivity contribution in [2.24, 2.45) is 0 Å². The molecule has 1 unspecified atom stereocenters. The highest BCUT2D eigenvalue weighted by Gasteiger charge is 2.12. The van der Waals surface area contributed by atoms with E-state index in [4.69, 9.17) is 4.74 Å². The molecule has 0 aliphatic rings. The summed E-state index contributed by atoms with van der Waals surface area (Å²) >= 11 is 0. The Labute approximate surface area is 127 Å². The normalized spacial score (nSPS) is 12.2. The molecular weight excluding hydrogens is 260 g/mol. The van der Waals surface area contributed by atoms with E-state index < -0.39 is 0 Å². The van der Waals surface area contributed by atoms with Crippen molar-refractivity contribution in [2.45, 2.75) is 39.8 Å². The minimum Gasteiger partial charge on any atom is -0.496 e. The molecular formula is C18H24N2O. The maximum atomic E-state index is 5.49. The zero-order valence-corrected chi connectivity index (χ0v) is 13.3. The highest BCUT2D eigenvalue weighted by Crippen LogP contribution is 2.26. The van der Waals surface area contributed by atoms with Crippen molar-refractivity contribution in [3.05, 3.63) is 58.9 Å². The number of hydrogen-bond donors (Lipinski definition) is 1. The lowest BCUT2D eigenvalue weighted by molar-refractivity contribution is 0.401. The van der Waals surface area contributed by atoms with E-state index in [2.05, 4.69) is 55.3 Å². The summed E-state index contributed by atoms with van der Waals surface area (Å²) in [5.41, 5.74) is 4.81. The molecule has 1 aromatic heterocycles. The molecule has 3 nitrogen and oxygen atoms in total. The van der Waals surface area contributed by atoms with Crippen LogP contribution in [0.15, 0.2) is 36.5 Å². The summed E-state index contributed by atoms with van der Waals surface area (Å²) in [4.78, 5) is 4.48. The van der Waals surface area contributed by atoms with Gasteiger partial charge in [0.25, 0.3) is 0 Å². The standard InChI is InChI=1S/C18H24N2O/c1-5-15-7-6-10-19-17(15)12-20-14(3)16-9-8-13(2)11-18(16)21-4/h6-11,14,20H,5,12H2,1-4H3. The van der Waals surface area contributed by atoms with Crippen LogP contribution >= 0.6 is 0 Å². The summed E-state index contributed by atoms with van der Waals surface area (Å²) in [5, 5.41) is 3.54. The number of rotatable bonds is 6. The molecule has 1 N–H and O–H groups in total. The van der Waals surface area contributed by atoms with Crippen LogP contribution < -0.4 is 10.1 Å². The van der Waals surface area contributed by atoms with Gasteiger partial charge in [-0.1, -0.05) is 25.1 Å². The van der Waals surface area contributed by atoms with Gasteiger partial charge in [-0.25, -0.2) is 0 Å². The number of pyridine rings is 1. The first kappa shape index (κ1) is 15.5.